The Balaban J connectivity index is 1.77. The number of hydrogen-bond donors (Lipinski definition) is 1. The number of aryl methyl sites for hydroxylation is 2. The number of thioether (sulfide) groups is 1. The van der Waals surface area contributed by atoms with Gasteiger partial charge in [0.05, 0.1) is 5.75 Å². The summed E-state index contributed by atoms with van der Waals surface area (Å²) in [5, 5.41) is 4.04. The summed E-state index contributed by atoms with van der Waals surface area (Å²) in [6, 6.07) is 11.7. The maximum Gasteiger partial charge on any atom is 0.230 e. The zero-order valence-electron chi connectivity index (χ0n) is 13.2. The third kappa shape index (κ3) is 6.09. The lowest BCUT2D eigenvalue weighted by molar-refractivity contribution is -0.118. The van der Waals surface area contributed by atoms with E-state index >= 15 is 0 Å². The van der Waals surface area contributed by atoms with E-state index in [4.69, 9.17) is 23.2 Å². The summed E-state index contributed by atoms with van der Waals surface area (Å²) in [5.41, 5.74) is 4.62. The van der Waals surface area contributed by atoms with E-state index in [1.165, 1.54) is 16.7 Å². The van der Waals surface area contributed by atoms with Gasteiger partial charge in [-0.1, -0.05) is 58.6 Å². The van der Waals surface area contributed by atoms with Crippen LogP contribution in [0.2, 0.25) is 10.0 Å². The highest BCUT2D eigenvalue weighted by atomic mass is 35.5. The van der Waals surface area contributed by atoms with Gasteiger partial charge in [-0.2, -0.15) is 0 Å². The van der Waals surface area contributed by atoms with Gasteiger partial charge in [0, 0.05) is 22.3 Å². The molecule has 122 valence electrons. The summed E-state index contributed by atoms with van der Waals surface area (Å²) < 4.78 is 0. The van der Waals surface area contributed by atoms with Crippen molar-refractivity contribution in [1.82, 2.24) is 5.32 Å². The second kappa shape index (κ2) is 8.62. The van der Waals surface area contributed by atoms with Gasteiger partial charge >= 0.3 is 0 Å². The minimum absolute atomic E-state index is 0.00499. The van der Waals surface area contributed by atoms with Gasteiger partial charge < -0.3 is 5.32 Å². The molecule has 0 bridgehead atoms. The predicted molar refractivity (Wildman–Crippen MR) is 100 cm³/mol. The zero-order chi connectivity index (χ0) is 16.8. The van der Waals surface area contributed by atoms with Crippen molar-refractivity contribution in [2.45, 2.75) is 26.1 Å². The molecule has 0 atom stereocenters. The van der Waals surface area contributed by atoms with Crippen LogP contribution in [-0.2, 0) is 17.1 Å². The fourth-order valence-electron chi connectivity index (χ4n) is 2.32. The average molecular weight is 368 g/mol. The van der Waals surface area contributed by atoms with Gasteiger partial charge in [0.25, 0.3) is 0 Å². The summed E-state index contributed by atoms with van der Waals surface area (Å²) in [5.74, 6) is 1.26. The number of nitrogens with one attached hydrogen (secondary N) is 1. The molecule has 1 N–H and O–H groups in total. The van der Waals surface area contributed by atoms with Crippen LogP contribution in [0.1, 0.15) is 22.3 Å². The van der Waals surface area contributed by atoms with Gasteiger partial charge in [-0.15, -0.1) is 11.8 Å². The molecule has 0 radical (unpaired) electrons. The van der Waals surface area contributed by atoms with Crippen molar-refractivity contribution in [3.63, 3.8) is 0 Å². The van der Waals surface area contributed by atoms with Gasteiger partial charge in [-0.25, -0.2) is 0 Å². The first kappa shape index (κ1) is 18.2. The van der Waals surface area contributed by atoms with E-state index in [1.807, 2.05) is 6.07 Å². The standard InChI is InChI=1S/C18H19Cl2NOS/c1-12-5-13(2)7-14(6-12)10-23-11-18(22)21-9-15-3-4-16(19)8-17(15)20/h3-8H,9-11H2,1-2H3,(H,21,22). The molecule has 0 saturated carbocycles. The van der Waals surface area contributed by atoms with Crippen LogP contribution in [0.5, 0.6) is 0 Å². The minimum Gasteiger partial charge on any atom is -0.351 e. The Bertz CT molecular complexity index is 683. The maximum absolute atomic E-state index is 11.9. The van der Waals surface area contributed by atoms with Crippen LogP contribution in [0.4, 0.5) is 0 Å². The van der Waals surface area contributed by atoms with Gasteiger partial charge in [0.2, 0.25) is 5.91 Å². The van der Waals surface area contributed by atoms with Crippen LogP contribution in [0.3, 0.4) is 0 Å². The van der Waals surface area contributed by atoms with E-state index in [9.17, 15) is 4.79 Å². The average Bonchev–Trinajstić information content (AvgIpc) is 2.45. The number of rotatable bonds is 6. The quantitative estimate of drug-likeness (QED) is 0.763. The summed E-state index contributed by atoms with van der Waals surface area (Å²) in [7, 11) is 0. The first-order valence-electron chi connectivity index (χ1n) is 7.29. The Hall–Kier alpha value is -1.16. The lowest BCUT2D eigenvalue weighted by atomic mass is 10.1. The normalized spacial score (nSPS) is 10.6. The molecule has 0 aliphatic rings. The summed E-state index contributed by atoms with van der Waals surface area (Å²) >= 11 is 13.5. The second-order valence-electron chi connectivity index (χ2n) is 5.50. The van der Waals surface area contributed by atoms with Crippen molar-refractivity contribution >= 4 is 40.9 Å². The lowest BCUT2D eigenvalue weighted by Crippen LogP contribution is -2.24. The molecule has 0 fully saturated rings. The van der Waals surface area contributed by atoms with Crippen molar-refractivity contribution < 1.29 is 4.79 Å². The molecule has 0 saturated heterocycles. The third-order valence-electron chi connectivity index (χ3n) is 3.27. The van der Waals surface area contributed by atoms with Crippen molar-refractivity contribution in [3.05, 3.63) is 68.7 Å². The molecule has 23 heavy (non-hydrogen) atoms. The molecule has 2 nitrogen and oxygen atoms in total. The Morgan fingerprint density at radius 3 is 2.43 bits per heavy atom. The zero-order valence-corrected chi connectivity index (χ0v) is 15.5. The van der Waals surface area contributed by atoms with Gasteiger partial charge in [-0.3, -0.25) is 4.79 Å². The highest BCUT2D eigenvalue weighted by Gasteiger charge is 2.05. The van der Waals surface area contributed by atoms with Gasteiger partial charge in [0.1, 0.15) is 0 Å². The highest BCUT2D eigenvalue weighted by molar-refractivity contribution is 7.99. The van der Waals surface area contributed by atoms with Gasteiger partial charge in [-0.05, 0) is 37.1 Å². The van der Waals surface area contributed by atoms with E-state index < -0.39 is 0 Å². The van der Waals surface area contributed by atoms with Crippen LogP contribution in [0.25, 0.3) is 0 Å². The summed E-state index contributed by atoms with van der Waals surface area (Å²) in [6.07, 6.45) is 0. The molecule has 0 unspecified atom stereocenters. The van der Waals surface area contributed by atoms with Crippen LogP contribution in [-0.4, -0.2) is 11.7 Å². The molecule has 1 amide bonds. The fourth-order valence-corrected chi connectivity index (χ4v) is 3.59. The largest absolute Gasteiger partial charge is 0.351 e. The van der Waals surface area contributed by atoms with Crippen LogP contribution >= 0.6 is 35.0 Å². The number of benzene rings is 2. The smallest absolute Gasteiger partial charge is 0.230 e. The molecular formula is C18H19Cl2NOS. The van der Waals surface area contributed by atoms with Crippen molar-refractivity contribution in [3.8, 4) is 0 Å². The molecule has 0 aliphatic carbocycles. The van der Waals surface area contributed by atoms with E-state index in [0.29, 0.717) is 22.3 Å². The third-order valence-corrected chi connectivity index (χ3v) is 4.87. The number of halogens is 2. The molecule has 0 aromatic heterocycles. The van der Waals surface area contributed by atoms with E-state index in [-0.39, 0.29) is 5.91 Å². The Kier molecular flexibility index (Phi) is 6.82. The monoisotopic (exact) mass is 367 g/mol. The second-order valence-corrected chi connectivity index (χ2v) is 7.33. The van der Waals surface area contributed by atoms with Crippen molar-refractivity contribution in [1.29, 1.82) is 0 Å². The number of carbonyl (C=O) groups is 1. The molecule has 0 aliphatic heterocycles. The first-order valence-corrected chi connectivity index (χ1v) is 9.20. The summed E-state index contributed by atoms with van der Waals surface area (Å²) in [6.45, 7) is 4.59. The van der Waals surface area contributed by atoms with Gasteiger partial charge in [0.15, 0.2) is 0 Å². The molecule has 2 aromatic carbocycles. The molecular weight excluding hydrogens is 349 g/mol. The Labute approximate surface area is 151 Å². The van der Waals surface area contributed by atoms with Crippen LogP contribution < -0.4 is 5.32 Å². The highest BCUT2D eigenvalue weighted by Crippen LogP contribution is 2.21. The SMILES string of the molecule is Cc1cc(C)cc(CSCC(=O)NCc2ccc(Cl)cc2Cl)c1. The lowest BCUT2D eigenvalue weighted by Gasteiger charge is -2.08. The van der Waals surface area contributed by atoms with E-state index in [1.54, 1.807) is 23.9 Å². The number of carbonyl (C=O) groups excluding carboxylic acids is 1. The Morgan fingerprint density at radius 2 is 1.78 bits per heavy atom. The van der Waals surface area contributed by atoms with Crippen LogP contribution in [0, 0.1) is 13.8 Å². The minimum atomic E-state index is 0.00499. The molecule has 2 aromatic rings. The first-order chi connectivity index (χ1) is 10.9. The maximum atomic E-state index is 11.9. The predicted octanol–water partition coefficient (Wildman–Crippen LogP) is 5.16. The molecule has 5 heteroatoms. The fraction of sp³-hybridized carbons (Fsp3) is 0.278. The van der Waals surface area contributed by atoms with Crippen molar-refractivity contribution in [2.75, 3.05) is 5.75 Å². The molecule has 2 rings (SSSR count). The van der Waals surface area contributed by atoms with Crippen molar-refractivity contribution in [2.24, 2.45) is 0 Å². The summed E-state index contributed by atoms with van der Waals surface area (Å²) in [4.78, 5) is 11.9. The van der Waals surface area contributed by atoms with Crippen LogP contribution in [0.15, 0.2) is 36.4 Å². The Morgan fingerprint density at radius 1 is 1.09 bits per heavy atom. The topological polar surface area (TPSA) is 29.1 Å². The van der Waals surface area contributed by atoms with E-state index in [2.05, 4.69) is 37.4 Å². The number of hydrogen-bond acceptors (Lipinski definition) is 2. The number of amides is 1. The van der Waals surface area contributed by atoms with E-state index in [0.717, 1.165) is 11.3 Å². The molecule has 0 heterocycles. The molecule has 0 spiro atoms.